The highest BCUT2D eigenvalue weighted by atomic mass is 16.5. The van der Waals surface area contributed by atoms with E-state index in [9.17, 15) is 4.79 Å². The summed E-state index contributed by atoms with van der Waals surface area (Å²) in [5.74, 6) is -0.312. The molecule has 1 aromatic carbocycles. The molecule has 1 aromatic rings. The van der Waals surface area contributed by atoms with Crippen LogP contribution in [0, 0.1) is 0 Å². The molecule has 88 valence electrons. The van der Waals surface area contributed by atoms with E-state index in [-0.39, 0.29) is 5.97 Å². The molecule has 16 heavy (non-hydrogen) atoms. The van der Waals surface area contributed by atoms with Gasteiger partial charge in [0.25, 0.3) is 0 Å². The molecular weight excluding hydrogens is 204 g/mol. The van der Waals surface area contributed by atoms with Gasteiger partial charge in [-0.1, -0.05) is 0 Å². The standard InChI is InChI=1S/C12H18N2O2/c1-13(2)10-7-6-9(12(15)16-5)8-11(10)14(3)4/h6-8H,1-5H3. The van der Waals surface area contributed by atoms with Gasteiger partial charge < -0.3 is 14.5 Å². The molecular formula is C12H18N2O2. The Balaban J connectivity index is 3.22. The smallest absolute Gasteiger partial charge is 0.337 e. The summed E-state index contributed by atoms with van der Waals surface area (Å²) < 4.78 is 4.70. The van der Waals surface area contributed by atoms with E-state index in [0.717, 1.165) is 11.4 Å². The Kier molecular flexibility index (Phi) is 3.77. The van der Waals surface area contributed by atoms with Crippen molar-refractivity contribution in [1.82, 2.24) is 0 Å². The topological polar surface area (TPSA) is 32.8 Å². The second kappa shape index (κ2) is 4.88. The molecule has 0 aromatic heterocycles. The number of benzene rings is 1. The number of hydrogen-bond acceptors (Lipinski definition) is 4. The zero-order chi connectivity index (χ0) is 12.3. The summed E-state index contributed by atoms with van der Waals surface area (Å²) in [6, 6.07) is 5.52. The lowest BCUT2D eigenvalue weighted by Gasteiger charge is -2.23. The van der Waals surface area contributed by atoms with E-state index in [1.807, 2.05) is 50.1 Å². The third-order valence-corrected chi connectivity index (χ3v) is 2.36. The van der Waals surface area contributed by atoms with Crippen LogP contribution in [0.4, 0.5) is 11.4 Å². The lowest BCUT2D eigenvalue weighted by molar-refractivity contribution is 0.0601. The zero-order valence-electron chi connectivity index (χ0n) is 10.4. The van der Waals surface area contributed by atoms with Gasteiger partial charge in [0, 0.05) is 28.2 Å². The molecule has 0 saturated heterocycles. The largest absolute Gasteiger partial charge is 0.465 e. The van der Waals surface area contributed by atoms with E-state index >= 15 is 0 Å². The van der Waals surface area contributed by atoms with Gasteiger partial charge in [-0.25, -0.2) is 4.79 Å². The van der Waals surface area contributed by atoms with Gasteiger partial charge in [0.2, 0.25) is 0 Å². The molecule has 0 atom stereocenters. The summed E-state index contributed by atoms with van der Waals surface area (Å²) in [7, 11) is 9.23. The normalized spacial score (nSPS) is 9.81. The third-order valence-electron chi connectivity index (χ3n) is 2.36. The van der Waals surface area contributed by atoms with Gasteiger partial charge in [-0.2, -0.15) is 0 Å². The number of nitrogens with zero attached hydrogens (tertiary/aromatic N) is 2. The Morgan fingerprint density at radius 1 is 1.06 bits per heavy atom. The van der Waals surface area contributed by atoms with Gasteiger partial charge >= 0.3 is 5.97 Å². The molecule has 0 amide bonds. The average molecular weight is 222 g/mol. The third kappa shape index (κ3) is 2.45. The first-order valence-electron chi connectivity index (χ1n) is 5.04. The van der Waals surface area contributed by atoms with Crippen LogP contribution in [0.1, 0.15) is 10.4 Å². The SMILES string of the molecule is COC(=O)c1ccc(N(C)C)c(N(C)C)c1. The molecule has 0 aliphatic heterocycles. The van der Waals surface area contributed by atoms with Crippen molar-refractivity contribution in [3.63, 3.8) is 0 Å². The van der Waals surface area contributed by atoms with Crippen LogP contribution in [-0.2, 0) is 4.74 Å². The highest BCUT2D eigenvalue weighted by Crippen LogP contribution is 2.27. The van der Waals surface area contributed by atoms with Crippen LogP contribution in [0.3, 0.4) is 0 Å². The van der Waals surface area contributed by atoms with E-state index in [0.29, 0.717) is 5.56 Å². The minimum Gasteiger partial charge on any atom is -0.465 e. The Hall–Kier alpha value is -1.71. The van der Waals surface area contributed by atoms with Gasteiger partial charge in [-0.05, 0) is 18.2 Å². The van der Waals surface area contributed by atoms with Crippen LogP contribution >= 0.6 is 0 Å². The van der Waals surface area contributed by atoms with Crippen LogP contribution in [-0.4, -0.2) is 41.3 Å². The van der Waals surface area contributed by atoms with E-state index in [2.05, 4.69) is 0 Å². The highest BCUT2D eigenvalue weighted by molar-refractivity contribution is 5.92. The van der Waals surface area contributed by atoms with Crippen LogP contribution < -0.4 is 9.80 Å². The van der Waals surface area contributed by atoms with Crippen molar-refractivity contribution in [3.05, 3.63) is 23.8 Å². The molecule has 0 heterocycles. The molecule has 0 N–H and O–H groups in total. The predicted molar refractivity (Wildman–Crippen MR) is 66.4 cm³/mol. The molecule has 1 rings (SSSR count). The van der Waals surface area contributed by atoms with Crippen molar-refractivity contribution in [1.29, 1.82) is 0 Å². The first kappa shape index (κ1) is 12.4. The fourth-order valence-electron chi connectivity index (χ4n) is 1.50. The van der Waals surface area contributed by atoms with Crippen molar-refractivity contribution in [2.45, 2.75) is 0 Å². The summed E-state index contributed by atoms with van der Waals surface area (Å²) in [6.07, 6.45) is 0. The Morgan fingerprint density at radius 3 is 2.06 bits per heavy atom. The Labute approximate surface area is 96.4 Å². The lowest BCUT2D eigenvalue weighted by atomic mass is 10.1. The Bertz CT molecular complexity index is 387. The molecule has 0 aliphatic carbocycles. The van der Waals surface area contributed by atoms with Crippen molar-refractivity contribution in [2.75, 3.05) is 45.1 Å². The molecule has 0 bridgehead atoms. The first-order chi connectivity index (χ1) is 7.47. The van der Waals surface area contributed by atoms with Crippen LogP contribution in [0.15, 0.2) is 18.2 Å². The summed E-state index contributed by atoms with van der Waals surface area (Å²) in [4.78, 5) is 15.4. The first-order valence-corrected chi connectivity index (χ1v) is 5.04. The van der Waals surface area contributed by atoms with E-state index < -0.39 is 0 Å². The molecule has 0 unspecified atom stereocenters. The van der Waals surface area contributed by atoms with Gasteiger partial charge in [0.15, 0.2) is 0 Å². The molecule has 0 spiro atoms. The second-order valence-electron chi connectivity index (χ2n) is 3.98. The maximum atomic E-state index is 11.4. The van der Waals surface area contributed by atoms with Gasteiger partial charge in [-0.15, -0.1) is 0 Å². The quantitative estimate of drug-likeness (QED) is 0.727. The molecule has 0 aliphatic rings. The van der Waals surface area contributed by atoms with Crippen molar-refractivity contribution >= 4 is 17.3 Å². The molecule has 0 fully saturated rings. The second-order valence-corrected chi connectivity index (χ2v) is 3.98. The van der Waals surface area contributed by atoms with Gasteiger partial charge in [0.05, 0.1) is 24.0 Å². The number of carbonyl (C=O) groups is 1. The highest BCUT2D eigenvalue weighted by Gasteiger charge is 2.12. The van der Waals surface area contributed by atoms with Crippen molar-refractivity contribution in [3.8, 4) is 0 Å². The summed E-state index contributed by atoms with van der Waals surface area (Å²) in [6.45, 7) is 0. The van der Waals surface area contributed by atoms with Crippen molar-refractivity contribution in [2.24, 2.45) is 0 Å². The number of ether oxygens (including phenoxy) is 1. The van der Waals surface area contributed by atoms with Gasteiger partial charge in [0.1, 0.15) is 0 Å². The predicted octanol–water partition coefficient (Wildman–Crippen LogP) is 1.61. The zero-order valence-corrected chi connectivity index (χ0v) is 10.4. The molecule has 4 nitrogen and oxygen atoms in total. The number of hydrogen-bond donors (Lipinski definition) is 0. The molecule has 0 radical (unpaired) electrons. The Morgan fingerprint density at radius 2 is 1.62 bits per heavy atom. The number of anilines is 2. The van der Waals surface area contributed by atoms with Crippen molar-refractivity contribution < 1.29 is 9.53 Å². The van der Waals surface area contributed by atoms with E-state index in [1.54, 1.807) is 6.07 Å². The summed E-state index contributed by atoms with van der Waals surface area (Å²) >= 11 is 0. The summed E-state index contributed by atoms with van der Waals surface area (Å²) in [5, 5.41) is 0. The van der Waals surface area contributed by atoms with Crippen LogP contribution in [0.2, 0.25) is 0 Å². The number of rotatable bonds is 3. The van der Waals surface area contributed by atoms with Crippen LogP contribution in [0.5, 0.6) is 0 Å². The fourth-order valence-corrected chi connectivity index (χ4v) is 1.50. The molecule has 4 heteroatoms. The summed E-state index contributed by atoms with van der Waals surface area (Å²) in [5.41, 5.74) is 2.63. The lowest BCUT2D eigenvalue weighted by Crippen LogP contribution is -2.17. The monoisotopic (exact) mass is 222 g/mol. The van der Waals surface area contributed by atoms with E-state index in [1.165, 1.54) is 7.11 Å². The minimum absolute atomic E-state index is 0.312. The van der Waals surface area contributed by atoms with E-state index in [4.69, 9.17) is 4.74 Å². The maximum absolute atomic E-state index is 11.4. The number of esters is 1. The fraction of sp³-hybridized carbons (Fsp3) is 0.417. The average Bonchev–Trinajstić information content (AvgIpc) is 2.26. The maximum Gasteiger partial charge on any atom is 0.337 e. The minimum atomic E-state index is -0.312. The number of carbonyl (C=O) groups excluding carboxylic acids is 1. The van der Waals surface area contributed by atoms with Crippen LogP contribution in [0.25, 0.3) is 0 Å². The van der Waals surface area contributed by atoms with Gasteiger partial charge in [-0.3, -0.25) is 0 Å². The number of methoxy groups -OCH3 is 1. The molecule has 0 saturated carbocycles.